The highest BCUT2D eigenvalue weighted by Gasteiger charge is 2.35. The number of hydrogen-bond donors (Lipinski definition) is 1. The molecular weight excluding hydrogens is 491 g/mol. The van der Waals surface area contributed by atoms with Gasteiger partial charge < -0.3 is 19.0 Å². The van der Waals surface area contributed by atoms with Gasteiger partial charge in [-0.05, 0) is 25.8 Å². The number of likely N-dealkylation sites (tertiary alicyclic amines) is 1. The van der Waals surface area contributed by atoms with Gasteiger partial charge in [-0.15, -0.1) is 10.2 Å². The maximum absolute atomic E-state index is 12.9. The minimum atomic E-state index is -4.61. The van der Waals surface area contributed by atoms with E-state index in [0.717, 1.165) is 31.8 Å². The van der Waals surface area contributed by atoms with Gasteiger partial charge in [0.1, 0.15) is 23.8 Å². The molecule has 5 heterocycles. The first kappa shape index (κ1) is 25.0. The number of halogens is 3. The van der Waals surface area contributed by atoms with Crippen LogP contribution in [0, 0.1) is 0 Å². The molecule has 1 aliphatic rings. The van der Waals surface area contributed by atoms with Crippen molar-refractivity contribution in [2.45, 2.75) is 45.1 Å². The van der Waals surface area contributed by atoms with Crippen molar-refractivity contribution in [3.05, 3.63) is 42.5 Å². The number of pyridine rings is 1. The number of aromatic amines is 1. The number of alkyl halides is 3. The zero-order chi connectivity index (χ0) is 25.8. The standard InChI is InChI=1S/C23H26F3N9O2/c1-2-36-10-9-35-18(13-34-7-4-16(5-8-34)37-19-3-6-27-14-29-19)30-17-11-15(12-28-21(17)35)20-31-22(33-32-20)23(24,25)26/h3,6,11-12,14,16H,2,4-5,7-10,13H2,1H3,(H,31,32,33). The number of H-pyrrole nitrogens is 1. The second-order valence-electron chi connectivity index (χ2n) is 8.60. The Morgan fingerprint density at radius 3 is 2.70 bits per heavy atom. The zero-order valence-corrected chi connectivity index (χ0v) is 20.1. The van der Waals surface area contributed by atoms with Crippen LogP contribution in [-0.4, -0.2) is 77.0 Å². The van der Waals surface area contributed by atoms with Crippen molar-refractivity contribution >= 4 is 11.2 Å². The van der Waals surface area contributed by atoms with Crippen molar-refractivity contribution in [2.24, 2.45) is 0 Å². The Morgan fingerprint density at radius 1 is 1.16 bits per heavy atom. The minimum absolute atomic E-state index is 0.0158. The first-order valence-electron chi connectivity index (χ1n) is 12.0. The van der Waals surface area contributed by atoms with Crippen LogP contribution in [0.3, 0.4) is 0 Å². The van der Waals surface area contributed by atoms with E-state index in [4.69, 9.17) is 14.5 Å². The van der Waals surface area contributed by atoms with Crippen molar-refractivity contribution in [2.75, 3.05) is 26.3 Å². The lowest BCUT2D eigenvalue weighted by Crippen LogP contribution is -2.38. The van der Waals surface area contributed by atoms with E-state index in [0.29, 0.717) is 48.9 Å². The van der Waals surface area contributed by atoms with Gasteiger partial charge in [-0.1, -0.05) is 0 Å². The Bertz CT molecular complexity index is 1320. The number of nitrogens with zero attached hydrogens (tertiary/aromatic N) is 8. The van der Waals surface area contributed by atoms with Crippen LogP contribution in [0.25, 0.3) is 22.6 Å². The molecule has 11 nitrogen and oxygen atoms in total. The van der Waals surface area contributed by atoms with Crippen LogP contribution >= 0.6 is 0 Å². The normalized spacial score (nSPS) is 15.5. The molecular formula is C23H26F3N9O2. The van der Waals surface area contributed by atoms with Gasteiger partial charge in [0.2, 0.25) is 11.7 Å². The summed E-state index contributed by atoms with van der Waals surface area (Å²) in [6, 6.07) is 3.42. The molecule has 196 valence electrons. The summed E-state index contributed by atoms with van der Waals surface area (Å²) in [4.78, 5) is 21.8. The molecule has 0 atom stereocenters. The average Bonchev–Trinajstić information content (AvgIpc) is 3.51. The van der Waals surface area contributed by atoms with E-state index in [-0.39, 0.29) is 11.9 Å². The van der Waals surface area contributed by atoms with Crippen LogP contribution in [0.4, 0.5) is 13.2 Å². The fraction of sp³-hybridized carbons (Fsp3) is 0.478. The smallest absolute Gasteiger partial charge is 0.451 e. The second-order valence-corrected chi connectivity index (χ2v) is 8.60. The Balaban J connectivity index is 1.33. The highest BCUT2D eigenvalue weighted by atomic mass is 19.4. The summed E-state index contributed by atoms with van der Waals surface area (Å²) < 4.78 is 52.3. The fourth-order valence-corrected chi connectivity index (χ4v) is 4.27. The van der Waals surface area contributed by atoms with Crippen LogP contribution in [0.5, 0.6) is 5.88 Å². The van der Waals surface area contributed by atoms with Gasteiger partial charge in [-0.25, -0.2) is 19.9 Å². The van der Waals surface area contributed by atoms with Gasteiger partial charge in [-0.2, -0.15) is 13.2 Å². The summed E-state index contributed by atoms with van der Waals surface area (Å²) in [5.74, 6) is 0.209. The maximum atomic E-state index is 12.9. The Hall–Kier alpha value is -3.65. The summed E-state index contributed by atoms with van der Waals surface area (Å²) in [5, 5.41) is 6.83. The van der Waals surface area contributed by atoms with Crippen molar-refractivity contribution in [1.82, 2.24) is 44.6 Å². The number of aromatic nitrogens is 8. The number of rotatable bonds is 9. The van der Waals surface area contributed by atoms with Crippen LogP contribution in [0.15, 0.2) is 30.9 Å². The Labute approximate surface area is 210 Å². The molecule has 4 aromatic heterocycles. The Morgan fingerprint density at radius 2 is 2.00 bits per heavy atom. The number of hydrogen-bond acceptors (Lipinski definition) is 9. The molecule has 14 heteroatoms. The second kappa shape index (κ2) is 10.8. The molecule has 0 amide bonds. The molecule has 37 heavy (non-hydrogen) atoms. The third-order valence-electron chi connectivity index (χ3n) is 6.10. The molecule has 4 aromatic rings. The molecule has 5 rings (SSSR count). The lowest BCUT2D eigenvalue weighted by molar-refractivity contribution is -0.144. The quantitative estimate of drug-likeness (QED) is 0.334. The van der Waals surface area contributed by atoms with Gasteiger partial charge >= 0.3 is 6.18 Å². The van der Waals surface area contributed by atoms with Crippen molar-refractivity contribution in [3.8, 4) is 17.3 Å². The maximum Gasteiger partial charge on any atom is 0.451 e. The lowest BCUT2D eigenvalue weighted by Gasteiger charge is -2.31. The van der Waals surface area contributed by atoms with Crippen LogP contribution in [0.1, 0.15) is 31.4 Å². The molecule has 0 radical (unpaired) electrons. The molecule has 1 aliphatic heterocycles. The summed E-state index contributed by atoms with van der Waals surface area (Å²) in [6.45, 7) is 5.80. The minimum Gasteiger partial charge on any atom is -0.474 e. The summed E-state index contributed by atoms with van der Waals surface area (Å²) in [6.07, 6.45) is 1.76. The highest BCUT2D eigenvalue weighted by molar-refractivity contribution is 5.77. The van der Waals surface area contributed by atoms with Crippen LogP contribution in [-0.2, 0) is 24.0 Å². The average molecular weight is 518 g/mol. The summed E-state index contributed by atoms with van der Waals surface area (Å²) in [5.41, 5.74) is 1.58. The molecule has 1 saturated heterocycles. The van der Waals surface area contributed by atoms with Crippen molar-refractivity contribution in [3.63, 3.8) is 0 Å². The van der Waals surface area contributed by atoms with Crippen LogP contribution in [0.2, 0.25) is 0 Å². The van der Waals surface area contributed by atoms with Crippen molar-refractivity contribution in [1.29, 1.82) is 0 Å². The first-order chi connectivity index (χ1) is 17.9. The molecule has 0 bridgehead atoms. The van der Waals surface area contributed by atoms with Gasteiger partial charge in [-0.3, -0.25) is 4.90 Å². The monoisotopic (exact) mass is 517 g/mol. The SMILES string of the molecule is CCOCCn1c(CN2CCC(Oc3ccncn3)CC2)nc2cc(-c3nnc(C(F)(F)F)[nH]3)cnc21. The predicted octanol–water partition coefficient (Wildman–Crippen LogP) is 3.11. The van der Waals surface area contributed by atoms with Crippen molar-refractivity contribution < 1.29 is 22.6 Å². The molecule has 0 aliphatic carbocycles. The molecule has 1 N–H and O–H groups in total. The first-order valence-corrected chi connectivity index (χ1v) is 12.0. The molecule has 0 aromatic carbocycles. The van der Waals surface area contributed by atoms with Crippen LogP contribution < -0.4 is 4.74 Å². The molecule has 1 fully saturated rings. The van der Waals surface area contributed by atoms with E-state index in [1.165, 1.54) is 12.5 Å². The highest BCUT2D eigenvalue weighted by Crippen LogP contribution is 2.28. The van der Waals surface area contributed by atoms with E-state index >= 15 is 0 Å². The van der Waals surface area contributed by atoms with E-state index in [9.17, 15) is 13.2 Å². The van der Waals surface area contributed by atoms with Gasteiger partial charge in [0.05, 0.1) is 13.2 Å². The predicted molar refractivity (Wildman–Crippen MR) is 125 cm³/mol. The largest absolute Gasteiger partial charge is 0.474 e. The number of piperidine rings is 1. The summed E-state index contributed by atoms with van der Waals surface area (Å²) >= 11 is 0. The number of imidazole rings is 1. The summed E-state index contributed by atoms with van der Waals surface area (Å²) in [7, 11) is 0. The fourth-order valence-electron chi connectivity index (χ4n) is 4.27. The lowest BCUT2D eigenvalue weighted by atomic mass is 10.1. The third kappa shape index (κ3) is 5.85. The molecule has 0 saturated carbocycles. The van der Waals surface area contributed by atoms with Gasteiger partial charge in [0.25, 0.3) is 0 Å². The van der Waals surface area contributed by atoms with E-state index < -0.39 is 12.0 Å². The number of nitrogens with one attached hydrogen (secondary N) is 1. The number of ether oxygens (including phenoxy) is 2. The number of fused-ring (bicyclic) bond motifs is 1. The Kier molecular flexibility index (Phi) is 7.28. The topological polar surface area (TPSA) is 120 Å². The van der Waals surface area contributed by atoms with E-state index in [1.807, 2.05) is 11.5 Å². The molecule has 0 unspecified atom stereocenters. The van der Waals surface area contributed by atoms with E-state index in [2.05, 4.69) is 35.0 Å². The van der Waals surface area contributed by atoms with Gasteiger partial charge in [0, 0.05) is 50.3 Å². The zero-order valence-electron chi connectivity index (χ0n) is 20.1. The molecule has 0 spiro atoms. The van der Waals surface area contributed by atoms with E-state index in [1.54, 1.807) is 18.3 Å². The van der Waals surface area contributed by atoms with Gasteiger partial charge in [0.15, 0.2) is 11.5 Å². The third-order valence-corrected chi connectivity index (χ3v) is 6.10.